The summed E-state index contributed by atoms with van der Waals surface area (Å²) in [5.74, 6) is -1.86. The lowest BCUT2D eigenvalue weighted by atomic mass is 9.95. The number of furan rings is 1. The summed E-state index contributed by atoms with van der Waals surface area (Å²) in [7, 11) is 0. The van der Waals surface area contributed by atoms with E-state index in [1.54, 1.807) is 18.3 Å². The first kappa shape index (κ1) is 18.9. The maximum atomic E-state index is 13.4. The van der Waals surface area contributed by atoms with Crippen molar-refractivity contribution in [3.63, 3.8) is 0 Å². The highest BCUT2D eigenvalue weighted by atomic mass is 19.1. The van der Waals surface area contributed by atoms with Crippen LogP contribution in [0.3, 0.4) is 0 Å². The Labute approximate surface area is 176 Å². The van der Waals surface area contributed by atoms with Gasteiger partial charge < -0.3 is 19.4 Å². The van der Waals surface area contributed by atoms with Gasteiger partial charge in [0.25, 0.3) is 11.7 Å². The maximum absolute atomic E-state index is 13.4. The van der Waals surface area contributed by atoms with Crippen LogP contribution < -0.4 is 0 Å². The molecule has 1 aliphatic rings. The van der Waals surface area contributed by atoms with Crippen molar-refractivity contribution in [3.05, 3.63) is 101 Å². The first-order valence-electron chi connectivity index (χ1n) is 9.67. The van der Waals surface area contributed by atoms with Crippen molar-refractivity contribution in [2.45, 2.75) is 12.6 Å². The zero-order valence-corrected chi connectivity index (χ0v) is 16.2. The van der Waals surface area contributed by atoms with Crippen molar-refractivity contribution < 1.29 is 23.5 Å². The number of rotatable bonds is 4. The Balaban J connectivity index is 1.71. The summed E-state index contributed by atoms with van der Waals surface area (Å²) in [5, 5.41) is 11.8. The molecule has 5 rings (SSSR count). The number of aliphatic hydroxyl groups excluding tert-OH is 1. The fraction of sp³-hybridized carbons (Fsp3) is 0.0833. The molecule has 0 saturated carbocycles. The molecule has 0 bridgehead atoms. The number of aromatic nitrogens is 1. The van der Waals surface area contributed by atoms with Gasteiger partial charge in [-0.15, -0.1) is 0 Å². The number of para-hydroxylation sites is 1. The third-order valence-electron chi connectivity index (χ3n) is 5.48. The average molecular weight is 416 g/mol. The summed E-state index contributed by atoms with van der Waals surface area (Å²) in [6.07, 6.45) is 3.22. The van der Waals surface area contributed by atoms with E-state index in [-0.39, 0.29) is 23.4 Å². The monoisotopic (exact) mass is 416 g/mol. The third kappa shape index (κ3) is 3.11. The molecule has 1 unspecified atom stereocenters. The summed E-state index contributed by atoms with van der Waals surface area (Å²) in [4.78, 5) is 30.6. The molecule has 7 heteroatoms. The Hall–Kier alpha value is -4.13. The normalized spacial score (nSPS) is 18.2. The number of hydrogen-bond donors (Lipinski definition) is 2. The van der Waals surface area contributed by atoms with Crippen LogP contribution in [0.5, 0.6) is 0 Å². The van der Waals surface area contributed by atoms with Crippen LogP contribution in [0.25, 0.3) is 16.7 Å². The number of benzene rings is 2. The standard InChI is InChI=1S/C24H17FN2O4/c25-15-9-7-14(8-10-15)22(28)20-21(18-12-26-19-6-2-1-5-17(18)19)27(24(30)23(20)29)13-16-4-3-11-31-16/h1-12,21,26,28H,13H2/b22-20+. The van der Waals surface area contributed by atoms with Gasteiger partial charge in [0.2, 0.25) is 0 Å². The lowest BCUT2D eigenvalue weighted by Gasteiger charge is -2.24. The van der Waals surface area contributed by atoms with E-state index >= 15 is 0 Å². The van der Waals surface area contributed by atoms with Gasteiger partial charge in [-0.05, 0) is 42.5 Å². The van der Waals surface area contributed by atoms with Crippen molar-refractivity contribution in [3.8, 4) is 0 Å². The lowest BCUT2D eigenvalue weighted by molar-refractivity contribution is -0.140. The quantitative estimate of drug-likeness (QED) is 0.291. The van der Waals surface area contributed by atoms with Crippen LogP contribution in [-0.2, 0) is 16.1 Å². The first-order chi connectivity index (χ1) is 15.0. The fourth-order valence-corrected chi connectivity index (χ4v) is 4.02. The van der Waals surface area contributed by atoms with E-state index in [0.29, 0.717) is 11.3 Å². The number of Topliss-reactive ketones (excluding diaryl/α,β-unsaturated/α-hetero) is 1. The van der Waals surface area contributed by atoms with E-state index in [9.17, 15) is 19.1 Å². The van der Waals surface area contributed by atoms with Crippen molar-refractivity contribution in [1.82, 2.24) is 9.88 Å². The molecule has 3 heterocycles. The van der Waals surface area contributed by atoms with Crippen LogP contribution in [0.2, 0.25) is 0 Å². The zero-order chi connectivity index (χ0) is 21.5. The topological polar surface area (TPSA) is 86.5 Å². The van der Waals surface area contributed by atoms with Crippen molar-refractivity contribution >= 4 is 28.4 Å². The van der Waals surface area contributed by atoms with E-state index in [0.717, 1.165) is 10.9 Å². The molecule has 4 aromatic rings. The summed E-state index contributed by atoms with van der Waals surface area (Å²) in [6, 6.07) is 15.2. The van der Waals surface area contributed by atoms with Crippen molar-refractivity contribution in [1.29, 1.82) is 0 Å². The second-order valence-corrected chi connectivity index (χ2v) is 7.30. The van der Waals surface area contributed by atoms with Crippen LogP contribution in [0.4, 0.5) is 4.39 Å². The number of ketones is 1. The van der Waals surface area contributed by atoms with Gasteiger partial charge in [0, 0.05) is 28.2 Å². The summed E-state index contributed by atoms with van der Waals surface area (Å²) in [6.45, 7) is 0.0575. The number of nitrogens with one attached hydrogen (secondary N) is 1. The van der Waals surface area contributed by atoms with Gasteiger partial charge in [-0.3, -0.25) is 9.59 Å². The molecule has 1 aliphatic heterocycles. The molecule has 2 aromatic carbocycles. The Kier molecular flexibility index (Phi) is 4.43. The predicted molar refractivity (Wildman–Crippen MR) is 111 cm³/mol. The van der Waals surface area contributed by atoms with Crippen LogP contribution in [0.15, 0.2) is 83.1 Å². The first-order valence-corrected chi connectivity index (χ1v) is 9.67. The molecule has 1 amide bonds. The molecular weight excluding hydrogens is 399 g/mol. The zero-order valence-electron chi connectivity index (χ0n) is 16.2. The third-order valence-corrected chi connectivity index (χ3v) is 5.48. The van der Waals surface area contributed by atoms with E-state index in [1.165, 1.54) is 35.4 Å². The molecular formula is C24H17FN2O4. The van der Waals surface area contributed by atoms with Crippen LogP contribution in [0, 0.1) is 5.82 Å². The number of amides is 1. The number of nitrogens with zero attached hydrogens (tertiary/aromatic N) is 1. The van der Waals surface area contributed by atoms with E-state index in [1.807, 2.05) is 24.3 Å². The molecule has 31 heavy (non-hydrogen) atoms. The van der Waals surface area contributed by atoms with Crippen LogP contribution in [0.1, 0.15) is 22.9 Å². The predicted octanol–water partition coefficient (Wildman–Crippen LogP) is 4.52. The Morgan fingerprint density at radius 1 is 1.06 bits per heavy atom. The number of H-pyrrole nitrogens is 1. The minimum absolute atomic E-state index is 0.0482. The molecule has 154 valence electrons. The molecule has 0 radical (unpaired) electrons. The molecule has 1 saturated heterocycles. The largest absolute Gasteiger partial charge is 0.507 e. The van der Waals surface area contributed by atoms with Gasteiger partial charge >= 0.3 is 0 Å². The maximum Gasteiger partial charge on any atom is 0.296 e. The van der Waals surface area contributed by atoms with Crippen molar-refractivity contribution in [2.75, 3.05) is 0 Å². The van der Waals surface area contributed by atoms with E-state index in [2.05, 4.69) is 4.98 Å². The van der Waals surface area contributed by atoms with Crippen LogP contribution in [-0.4, -0.2) is 26.7 Å². The van der Waals surface area contributed by atoms with Crippen LogP contribution >= 0.6 is 0 Å². The number of likely N-dealkylation sites (tertiary alicyclic amines) is 1. The minimum Gasteiger partial charge on any atom is -0.507 e. The average Bonchev–Trinajstić information content (AvgIpc) is 3.49. The number of aliphatic hydroxyl groups is 1. The number of hydrogen-bond acceptors (Lipinski definition) is 4. The highest BCUT2D eigenvalue weighted by Crippen LogP contribution is 2.42. The van der Waals surface area contributed by atoms with Gasteiger partial charge in [0.1, 0.15) is 17.3 Å². The number of aromatic amines is 1. The summed E-state index contributed by atoms with van der Waals surface area (Å²) >= 11 is 0. The molecule has 1 fully saturated rings. The van der Waals surface area contributed by atoms with E-state index < -0.39 is 23.5 Å². The Morgan fingerprint density at radius 2 is 1.84 bits per heavy atom. The Morgan fingerprint density at radius 3 is 2.58 bits per heavy atom. The molecule has 0 spiro atoms. The summed E-state index contributed by atoms with van der Waals surface area (Å²) < 4.78 is 18.8. The van der Waals surface area contributed by atoms with E-state index in [4.69, 9.17) is 4.42 Å². The highest BCUT2D eigenvalue weighted by Gasteiger charge is 2.47. The highest BCUT2D eigenvalue weighted by molar-refractivity contribution is 6.46. The molecule has 2 N–H and O–H groups in total. The minimum atomic E-state index is -0.841. The smallest absolute Gasteiger partial charge is 0.296 e. The molecule has 1 atom stereocenters. The second-order valence-electron chi connectivity index (χ2n) is 7.30. The molecule has 2 aromatic heterocycles. The summed E-state index contributed by atoms with van der Waals surface area (Å²) in [5.41, 5.74) is 1.71. The van der Waals surface area contributed by atoms with Gasteiger partial charge in [-0.1, -0.05) is 18.2 Å². The lowest BCUT2D eigenvalue weighted by Crippen LogP contribution is -2.29. The SMILES string of the molecule is O=C1C(=O)N(Cc2ccco2)C(c2c[nH]c3ccccc23)/C1=C(\O)c1ccc(F)cc1. The number of carbonyl (C=O) groups is 2. The second kappa shape index (κ2) is 7.28. The molecule has 6 nitrogen and oxygen atoms in total. The van der Waals surface area contributed by atoms with Gasteiger partial charge in [0.15, 0.2) is 0 Å². The van der Waals surface area contributed by atoms with Gasteiger partial charge in [-0.2, -0.15) is 0 Å². The molecule has 0 aliphatic carbocycles. The van der Waals surface area contributed by atoms with Gasteiger partial charge in [0.05, 0.1) is 24.4 Å². The Bertz CT molecular complexity index is 1320. The van der Waals surface area contributed by atoms with Gasteiger partial charge in [-0.25, -0.2) is 4.39 Å². The fourth-order valence-electron chi connectivity index (χ4n) is 4.02. The number of carbonyl (C=O) groups excluding carboxylic acids is 2. The van der Waals surface area contributed by atoms with Crippen molar-refractivity contribution in [2.24, 2.45) is 0 Å². The number of fused-ring (bicyclic) bond motifs is 1. The number of halogens is 1.